The molecule has 1 fully saturated rings. The van der Waals surface area contributed by atoms with Crippen LogP contribution in [0.25, 0.3) is 0 Å². The molecule has 0 bridgehead atoms. The summed E-state index contributed by atoms with van der Waals surface area (Å²) in [6.45, 7) is 0.259. The zero-order chi connectivity index (χ0) is 22.8. The van der Waals surface area contributed by atoms with Crippen molar-refractivity contribution in [3.05, 3.63) is 11.8 Å². The molecule has 0 radical (unpaired) electrons. The van der Waals surface area contributed by atoms with Gasteiger partial charge in [-0.2, -0.15) is 8.42 Å². The van der Waals surface area contributed by atoms with Gasteiger partial charge in [-0.05, 0) is 6.08 Å². The van der Waals surface area contributed by atoms with Crippen molar-refractivity contribution in [2.75, 3.05) is 6.61 Å². The Hall–Kier alpha value is -1.89. The number of hydrogen-bond donors (Lipinski definition) is 7. The van der Waals surface area contributed by atoms with Crippen molar-refractivity contribution in [3.63, 3.8) is 0 Å². The maximum Gasteiger partial charge on any atom is 0.397 e. The topological polar surface area (TPSA) is 239 Å². The third-order valence-corrected chi connectivity index (χ3v) is 4.61. The van der Waals surface area contributed by atoms with Crippen molar-refractivity contribution in [3.8, 4) is 0 Å². The minimum atomic E-state index is -5.18. The molecule has 15 nitrogen and oxygen atoms in total. The van der Waals surface area contributed by atoms with E-state index in [0.29, 0.717) is 6.08 Å². The molecule has 16 heteroatoms. The molecule has 2 aliphatic heterocycles. The van der Waals surface area contributed by atoms with Gasteiger partial charge in [0.25, 0.3) is 0 Å². The number of carboxylic acids is 1. The van der Waals surface area contributed by atoms with Crippen LogP contribution in [0.15, 0.2) is 11.8 Å². The summed E-state index contributed by atoms with van der Waals surface area (Å²) >= 11 is 0. The lowest BCUT2D eigenvalue weighted by molar-refractivity contribution is -0.300. The molecule has 7 N–H and O–H groups in total. The molecule has 0 spiro atoms. The summed E-state index contributed by atoms with van der Waals surface area (Å²) < 4.78 is 50.7. The van der Waals surface area contributed by atoms with Gasteiger partial charge in [-0.25, -0.2) is 8.98 Å². The van der Waals surface area contributed by atoms with Crippen LogP contribution in [0, 0.1) is 0 Å². The fourth-order valence-corrected chi connectivity index (χ4v) is 3.39. The molecule has 1 amide bonds. The van der Waals surface area contributed by atoms with Crippen LogP contribution in [0.3, 0.4) is 0 Å². The van der Waals surface area contributed by atoms with Gasteiger partial charge >= 0.3 is 16.4 Å². The maximum absolute atomic E-state index is 11.4. The van der Waals surface area contributed by atoms with Crippen LogP contribution in [0.1, 0.15) is 6.92 Å². The van der Waals surface area contributed by atoms with Gasteiger partial charge in [0.15, 0.2) is 12.4 Å². The number of amides is 1. The van der Waals surface area contributed by atoms with E-state index in [4.69, 9.17) is 23.9 Å². The number of carboxylic acid groups (broad SMARTS) is 1. The van der Waals surface area contributed by atoms with E-state index >= 15 is 0 Å². The first-order valence-corrected chi connectivity index (χ1v) is 9.71. The highest BCUT2D eigenvalue weighted by Gasteiger charge is 2.50. The molecule has 1 saturated heterocycles. The molecular weight excluding hydrogens is 438 g/mol. The first-order valence-electron chi connectivity index (χ1n) is 8.34. The second kappa shape index (κ2) is 9.50. The standard InChI is InChI=1S/C14H21NO14S/c1-4(17)15-8-11(9(19)7(3-16)26-13(8)22)28-14-10(29-30(23,24)25)5(18)2-6(27-14)12(20)21/h2,5,7-11,13-14,16,18-19,22H,3H2,1H3,(H,15,17)(H,20,21)(H,23,24,25). The van der Waals surface area contributed by atoms with E-state index in [-0.39, 0.29) is 0 Å². The van der Waals surface area contributed by atoms with Crippen molar-refractivity contribution in [2.24, 2.45) is 0 Å². The number of aliphatic hydroxyl groups is 4. The van der Waals surface area contributed by atoms with Gasteiger partial charge in [0.05, 0.1) is 6.61 Å². The summed E-state index contributed by atoms with van der Waals surface area (Å²) in [4.78, 5) is 22.6. The number of hydrogen-bond acceptors (Lipinski definition) is 12. The van der Waals surface area contributed by atoms with Gasteiger partial charge in [-0.3, -0.25) is 9.35 Å². The average molecular weight is 459 g/mol. The van der Waals surface area contributed by atoms with Gasteiger partial charge in [0.2, 0.25) is 18.0 Å². The van der Waals surface area contributed by atoms with E-state index in [0.717, 1.165) is 6.92 Å². The zero-order valence-corrected chi connectivity index (χ0v) is 16.1. The van der Waals surface area contributed by atoms with Crippen molar-refractivity contribution in [1.29, 1.82) is 0 Å². The molecular formula is C14H21NO14S. The van der Waals surface area contributed by atoms with E-state index in [1.54, 1.807) is 0 Å². The predicted octanol–water partition coefficient (Wildman–Crippen LogP) is -4.18. The van der Waals surface area contributed by atoms with Crippen LogP contribution >= 0.6 is 0 Å². The second-order valence-corrected chi connectivity index (χ2v) is 7.41. The normalized spacial score (nSPS) is 37.1. The van der Waals surface area contributed by atoms with E-state index < -0.39 is 83.8 Å². The number of aliphatic carboxylic acids is 1. The summed E-state index contributed by atoms with van der Waals surface area (Å²) in [6, 6.07) is -1.49. The number of carbonyl (C=O) groups excluding carboxylic acids is 1. The molecule has 0 saturated carbocycles. The van der Waals surface area contributed by atoms with Crippen molar-refractivity contribution in [1.82, 2.24) is 5.32 Å². The molecule has 8 unspecified atom stereocenters. The average Bonchev–Trinajstić information content (AvgIpc) is 2.61. The van der Waals surface area contributed by atoms with Crippen LogP contribution in [-0.2, 0) is 38.4 Å². The molecule has 172 valence electrons. The third kappa shape index (κ3) is 5.84. The fourth-order valence-electron chi connectivity index (χ4n) is 2.90. The molecule has 2 heterocycles. The molecule has 0 aliphatic carbocycles. The SMILES string of the molecule is CC(=O)NC1C(O)OC(CO)C(O)C1OC1OC(C(=O)O)=CC(O)C1OS(=O)(=O)O. The monoisotopic (exact) mass is 459 g/mol. The van der Waals surface area contributed by atoms with Crippen molar-refractivity contribution < 1.29 is 66.5 Å². The summed E-state index contributed by atoms with van der Waals surface area (Å²) in [7, 11) is -5.18. The minimum Gasteiger partial charge on any atom is -0.475 e. The van der Waals surface area contributed by atoms with Crippen molar-refractivity contribution >= 4 is 22.3 Å². The fraction of sp³-hybridized carbons (Fsp3) is 0.714. The minimum absolute atomic E-state index is 0.578. The van der Waals surface area contributed by atoms with Gasteiger partial charge in [-0.15, -0.1) is 0 Å². The Balaban J connectivity index is 2.38. The third-order valence-electron chi connectivity index (χ3n) is 4.15. The first-order chi connectivity index (χ1) is 13.8. The largest absolute Gasteiger partial charge is 0.475 e. The first kappa shape index (κ1) is 24.4. The lowest BCUT2D eigenvalue weighted by atomic mass is 9.96. The summed E-state index contributed by atoms with van der Waals surface area (Å²) in [5, 5.41) is 51.1. The Bertz CT molecular complexity index is 784. The zero-order valence-electron chi connectivity index (χ0n) is 15.3. The Kier molecular flexibility index (Phi) is 7.72. The Morgan fingerprint density at radius 3 is 2.37 bits per heavy atom. The Labute approximate surface area is 169 Å². The second-order valence-electron chi connectivity index (χ2n) is 6.37. The van der Waals surface area contributed by atoms with Crippen LogP contribution in [-0.4, -0.2) is 106 Å². The molecule has 0 aromatic rings. The van der Waals surface area contributed by atoms with E-state index in [9.17, 15) is 38.4 Å². The van der Waals surface area contributed by atoms with Crippen LogP contribution in [0.4, 0.5) is 0 Å². The molecule has 0 aromatic carbocycles. The number of carbonyl (C=O) groups is 2. The number of aliphatic hydroxyl groups excluding tert-OH is 4. The van der Waals surface area contributed by atoms with E-state index in [1.807, 2.05) is 0 Å². The van der Waals surface area contributed by atoms with Crippen LogP contribution < -0.4 is 5.32 Å². The van der Waals surface area contributed by atoms with Gasteiger partial charge < -0.3 is 45.1 Å². The summed E-state index contributed by atoms with van der Waals surface area (Å²) in [5.41, 5.74) is 0. The van der Waals surface area contributed by atoms with E-state index in [1.165, 1.54) is 0 Å². The molecule has 8 atom stereocenters. The number of ether oxygens (including phenoxy) is 3. The van der Waals surface area contributed by atoms with Gasteiger partial charge in [-0.1, -0.05) is 0 Å². The van der Waals surface area contributed by atoms with Crippen molar-refractivity contribution in [2.45, 2.75) is 56.1 Å². The van der Waals surface area contributed by atoms with Crippen LogP contribution in [0.2, 0.25) is 0 Å². The molecule has 0 aromatic heterocycles. The summed E-state index contributed by atoms with van der Waals surface area (Å²) in [5.74, 6) is -3.25. The number of nitrogens with one attached hydrogen (secondary N) is 1. The van der Waals surface area contributed by atoms with Crippen LogP contribution in [0.5, 0.6) is 0 Å². The van der Waals surface area contributed by atoms with Gasteiger partial charge in [0.1, 0.15) is 30.5 Å². The lowest BCUT2D eigenvalue weighted by Gasteiger charge is -2.44. The molecule has 2 aliphatic rings. The highest BCUT2D eigenvalue weighted by atomic mass is 32.3. The smallest absolute Gasteiger partial charge is 0.397 e. The lowest BCUT2D eigenvalue weighted by Crippen LogP contribution is -2.66. The Morgan fingerprint density at radius 2 is 1.87 bits per heavy atom. The maximum atomic E-state index is 11.4. The van der Waals surface area contributed by atoms with Gasteiger partial charge in [0, 0.05) is 6.92 Å². The quantitative estimate of drug-likeness (QED) is 0.179. The summed E-state index contributed by atoms with van der Waals surface area (Å²) in [6.07, 6.45) is -12.2. The Morgan fingerprint density at radius 1 is 1.23 bits per heavy atom. The predicted molar refractivity (Wildman–Crippen MR) is 89.5 cm³/mol. The highest BCUT2D eigenvalue weighted by molar-refractivity contribution is 7.80. The highest BCUT2D eigenvalue weighted by Crippen LogP contribution is 2.29. The van der Waals surface area contributed by atoms with E-state index in [2.05, 4.69) is 9.50 Å². The molecule has 30 heavy (non-hydrogen) atoms. The number of rotatable bonds is 7. The molecule has 2 rings (SSSR count).